The van der Waals surface area contributed by atoms with Crippen LogP contribution in [0, 0.1) is 0 Å². The zero-order valence-corrected chi connectivity index (χ0v) is 18.7. The minimum absolute atomic E-state index is 0.145. The van der Waals surface area contributed by atoms with Gasteiger partial charge in [-0.05, 0) is 50.6 Å². The number of methoxy groups -OCH3 is 1. The van der Waals surface area contributed by atoms with Crippen molar-refractivity contribution in [2.24, 2.45) is 0 Å². The van der Waals surface area contributed by atoms with Gasteiger partial charge < -0.3 is 14.8 Å². The maximum atomic E-state index is 12.4. The molecule has 2 aromatic carbocycles. The Balaban J connectivity index is 1.95. The fourth-order valence-electron chi connectivity index (χ4n) is 3.16. The number of carbonyl (C=O) groups excluding carboxylic acids is 1. The molecule has 164 valence electrons. The van der Waals surface area contributed by atoms with Crippen LogP contribution in [-0.2, 0) is 14.8 Å². The zero-order valence-electron chi connectivity index (χ0n) is 17.9. The molecule has 0 aliphatic heterocycles. The summed E-state index contributed by atoms with van der Waals surface area (Å²) in [6, 6.07) is 14.2. The molecule has 2 rings (SSSR count). The van der Waals surface area contributed by atoms with Crippen molar-refractivity contribution in [1.29, 1.82) is 0 Å². The summed E-state index contributed by atoms with van der Waals surface area (Å²) >= 11 is 0. The maximum absolute atomic E-state index is 12.4. The number of benzene rings is 2. The highest BCUT2D eigenvalue weighted by Crippen LogP contribution is 2.25. The van der Waals surface area contributed by atoms with Crippen molar-refractivity contribution in [1.82, 2.24) is 5.32 Å². The number of nitrogens with one attached hydrogen (secondary N) is 1. The van der Waals surface area contributed by atoms with Crippen LogP contribution in [0.2, 0.25) is 0 Å². The van der Waals surface area contributed by atoms with Gasteiger partial charge in [-0.1, -0.05) is 18.2 Å². The Morgan fingerprint density at radius 1 is 1.13 bits per heavy atom. The van der Waals surface area contributed by atoms with E-state index in [9.17, 15) is 13.2 Å². The van der Waals surface area contributed by atoms with E-state index in [-0.39, 0.29) is 24.9 Å². The lowest BCUT2D eigenvalue weighted by molar-refractivity contribution is -0.121. The van der Waals surface area contributed by atoms with Crippen LogP contribution in [0.5, 0.6) is 11.5 Å². The first kappa shape index (κ1) is 23.5. The second-order valence-electron chi connectivity index (χ2n) is 6.90. The van der Waals surface area contributed by atoms with Crippen LogP contribution in [-0.4, -0.2) is 40.8 Å². The monoisotopic (exact) mass is 434 g/mol. The van der Waals surface area contributed by atoms with Crippen LogP contribution in [0.4, 0.5) is 5.69 Å². The Hall–Kier alpha value is -2.74. The Labute approximate surface area is 179 Å². The highest BCUT2D eigenvalue weighted by molar-refractivity contribution is 7.92. The quantitative estimate of drug-likeness (QED) is 0.585. The lowest BCUT2D eigenvalue weighted by Gasteiger charge is -2.23. The second kappa shape index (κ2) is 10.9. The normalized spacial score (nSPS) is 12.1. The van der Waals surface area contributed by atoms with E-state index in [0.29, 0.717) is 30.2 Å². The molecular weight excluding hydrogens is 404 g/mol. The average molecular weight is 435 g/mol. The summed E-state index contributed by atoms with van der Waals surface area (Å²) in [6.45, 7) is 4.52. The van der Waals surface area contributed by atoms with Gasteiger partial charge in [-0.3, -0.25) is 9.10 Å². The molecule has 1 unspecified atom stereocenters. The maximum Gasteiger partial charge on any atom is 0.232 e. The van der Waals surface area contributed by atoms with Crippen LogP contribution < -0.4 is 19.1 Å². The van der Waals surface area contributed by atoms with E-state index >= 15 is 0 Å². The molecule has 0 fully saturated rings. The molecule has 1 atom stereocenters. The Bertz CT molecular complexity index is 929. The van der Waals surface area contributed by atoms with E-state index in [1.54, 1.807) is 31.4 Å². The summed E-state index contributed by atoms with van der Waals surface area (Å²) < 4.78 is 36.5. The number of hydrogen-bond acceptors (Lipinski definition) is 5. The number of carbonyl (C=O) groups is 1. The molecule has 30 heavy (non-hydrogen) atoms. The second-order valence-corrected chi connectivity index (χ2v) is 8.80. The molecule has 0 radical (unpaired) electrons. The minimum atomic E-state index is -3.47. The standard InChI is InChI=1S/C22H30N2O5S/c1-5-29-19-14-12-18(13-15-19)24(30(4,26)27)16-8-11-22(25)23-17(2)20-9-6-7-10-21(20)28-3/h6-7,9-10,12-15,17H,5,8,11,16H2,1-4H3,(H,23,25). The predicted molar refractivity (Wildman–Crippen MR) is 119 cm³/mol. The van der Waals surface area contributed by atoms with Crippen LogP contribution in [0.1, 0.15) is 38.3 Å². The summed E-state index contributed by atoms with van der Waals surface area (Å²) in [5.41, 5.74) is 1.43. The molecule has 1 N–H and O–H groups in total. The van der Waals surface area contributed by atoms with Gasteiger partial charge in [0.25, 0.3) is 0 Å². The van der Waals surface area contributed by atoms with Crippen molar-refractivity contribution in [3.63, 3.8) is 0 Å². The van der Waals surface area contributed by atoms with Crippen molar-refractivity contribution in [2.45, 2.75) is 32.7 Å². The van der Waals surface area contributed by atoms with E-state index in [2.05, 4.69) is 5.32 Å². The van der Waals surface area contributed by atoms with Crippen LogP contribution >= 0.6 is 0 Å². The summed E-state index contributed by atoms with van der Waals surface area (Å²) in [5, 5.41) is 2.94. The number of para-hydroxylation sites is 1. The molecule has 0 heterocycles. The Kier molecular flexibility index (Phi) is 8.53. The lowest BCUT2D eigenvalue weighted by atomic mass is 10.1. The highest BCUT2D eigenvalue weighted by atomic mass is 32.2. The van der Waals surface area contributed by atoms with Gasteiger partial charge in [-0.2, -0.15) is 0 Å². The first-order chi connectivity index (χ1) is 14.3. The molecule has 0 spiro atoms. The molecule has 0 saturated carbocycles. The van der Waals surface area contributed by atoms with Gasteiger partial charge in [0.15, 0.2) is 0 Å². The first-order valence-electron chi connectivity index (χ1n) is 9.89. The Morgan fingerprint density at radius 2 is 1.80 bits per heavy atom. The summed E-state index contributed by atoms with van der Waals surface area (Å²) in [7, 11) is -1.88. The van der Waals surface area contributed by atoms with E-state index in [4.69, 9.17) is 9.47 Å². The van der Waals surface area contributed by atoms with Crippen LogP contribution in [0.25, 0.3) is 0 Å². The van der Waals surface area contributed by atoms with Crippen molar-refractivity contribution in [3.05, 3.63) is 54.1 Å². The van der Waals surface area contributed by atoms with E-state index < -0.39 is 10.0 Å². The minimum Gasteiger partial charge on any atom is -0.496 e. The fourth-order valence-corrected chi connectivity index (χ4v) is 4.13. The van der Waals surface area contributed by atoms with Crippen molar-refractivity contribution in [2.75, 3.05) is 30.8 Å². The van der Waals surface area contributed by atoms with E-state index in [1.807, 2.05) is 38.1 Å². The third kappa shape index (κ3) is 6.66. The van der Waals surface area contributed by atoms with Gasteiger partial charge in [-0.25, -0.2) is 8.42 Å². The number of rotatable bonds is 11. The van der Waals surface area contributed by atoms with Crippen LogP contribution in [0.15, 0.2) is 48.5 Å². The van der Waals surface area contributed by atoms with Gasteiger partial charge in [0.05, 0.1) is 31.7 Å². The van der Waals surface area contributed by atoms with Gasteiger partial charge in [0.2, 0.25) is 15.9 Å². The number of hydrogen-bond donors (Lipinski definition) is 1. The largest absolute Gasteiger partial charge is 0.496 e. The molecule has 0 aliphatic carbocycles. The number of amides is 1. The number of anilines is 1. The topological polar surface area (TPSA) is 84.9 Å². The van der Waals surface area contributed by atoms with Crippen molar-refractivity contribution in [3.8, 4) is 11.5 Å². The fraction of sp³-hybridized carbons (Fsp3) is 0.409. The van der Waals surface area contributed by atoms with Crippen molar-refractivity contribution < 1.29 is 22.7 Å². The van der Waals surface area contributed by atoms with Gasteiger partial charge in [-0.15, -0.1) is 0 Å². The van der Waals surface area contributed by atoms with Gasteiger partial charge in [0.1, 0.15) is 11.5 Å². The number of nitrogens with zero attached hydrogens (tertiary/aromatic N) is 1. The number of sulfonamides is 1. The summed E-state index contributed by atoms with van der Waals surface area (Å²) in [4.78, 5) is 12.4. The third-order valence-corrected chi connectivity index (χ3v) is 5.78. The molecule has 0 aliphatic rings. The first-order valence-corrected chi connectivity index (χ1v) is 11.7. The highest BCUT2D eigenvalue weighted by Gasteiger charge is 2.19. The Morgan fingerprint density at radius 3 is 2.40 bits per heavy atom. The lowest BCUT2D eigenvalue weighted by Crippen LogP contribution is -2.32. The summed E-state index contributed by atoms with van der Waals surface area (Å²) in [5.74, 6) is 1.25. The number of ether oxygens (including phenoxy) is 2. The molecule has 2 aromatic rings. The smallest absolute Gasteiger partial charge is 0.232 e. The molecule has 7 nitrogen and oxygen atoms in total. The predicted octanol–water partition coefficient (Wildman–Crippen LogP) is 3.52. The van der Waals surface area contributed by atoms with E-state index in [1.165, 1.54) is 4.31 Å². The zero-order chi connectivity index (χ0) is 22.1. The third-order valence-electron chi connectivity index (χ3n) is 4.58. The molecular formula is C22H30N2O5S. The van der Waals surface area contributed by atoms with Gasteiger partial charge >= 0.3 is 0 Å². The van der Waals surface area contributed by atoms with E-state index in [0.717, 1.165) is 11.8 Å². The molecule has 0 aromatic heterocycles. The van der Waals surface area contributed by atoms with Crippen LogP contribution in [0.3, 0.4) is 0 Å². The average Bonchev–Trinajstić information content (AvgIpc) is 2.71. The van der Waals surface area contributed by atoms with Gasteiger partial charge in [0, 0.05) is 18.5 Å². The SMILES string of the molecule is CCOc1ccc(N(CCCC(=O)NC(C)c2ccccc2OC)S(C)(=O)=O)cc1. The molecule has 8 heteroatoms. The van der Waals surface area contributed by atoms with Crippen molar-refractivity contribution >= 4 is 21.6 Å². The molecule has 0 saturated heterocycles. The summed E-state index contributed by atoms with van der Waals surface area (Å²) in [6.07, 6.45) is 1.76. The molecule has 0 bridgehead atoms. The molecule has 1 amide bonds.